The lowest BCUT2D eigenvalue weighted by Crippen LogP contribution is -2.46. The van der Waals surface area contributed by atoms with E-state index in [-0.39, 0.29) is 12.1 Å². The minimum Gasteiger partial charge on any atom is -0.326 e. The number of hydrogen-bond acceptors (Lipinski definition) is 2. The molecule has 0 saturated carbocycles. The summed E-state index contributed by atoms with van der Waals surface area (Å²) in [5, 5.41) is 0. The Kier molecular flexibility index (Phi) is 5.83. The number of hydrogen-bond donors (Lipinski definition) is 1. The third-order valence-electron chi connectivity index (χ3n) is 3.21. The van der Waals surface area contributed by atoms with E-state index in [9.17, 15) is 4.79 Å². The highest BCUT2D eigenvalue weighted by Crippen LogP contribution is 2.20. The molecule has 1 aromatic carbocycles. The number of carbonyl (C=O) groups excluding carboxylic acids is 1. The Morgan fingerprint density at radius 1 is 1.16 bits per heavy atom. The Balaban J connectivity index is 3.02. The number of nitrogens with zero attached hydrogens (tertiary/aromatic N) is 2. The standard InChI is InChI=1S/C15H25N3O/c1-5-17(6-2)15(19)18(12(3)4)14-9-7-13(11-16)8-10-14/h7-10,12H,5-6,11,16H2,1-4H3. The summed E-state index contributed by atoms with van der Waals surface area (Å²) in [5.74, 6) is 0. The summed E-state index contributed by atoms with van der Waals surface area (Å²) in [6, 6.07) is 8.05. The molecule has 19 heavy (non-hydrogen) atoms. The molecule has 0 aliphatic carbocycles. The van der Waals surface area contributed by atoms with Gasteiger partial charge < -0.3 is 10.6 Å². The van der Waals surface area contributed by atoms with Crippen molar-refractivity contribution >= 4 is 11.7 Å². The monoisotopic (exact) mass is 263 g/mol. The second-order valence-electron chi connectivity index (χ2n) is 4.79. The zero-order chi connectivity index (χ0) is 14.4. The zero-order valence-electron chi connectivity index (χ0n) is 12.4. The van der Waals surface area contributed by atoms with Gasteiger partial charge >= 0.3 is 6.03 Å². The number of benzene rings is 1. The Bertz CT molecular complexity index is 396. The highest BCUT2D eigenvalue weighted by molar-refractivity contribution is 5.92. The van der Waals surface area contributed by atoms with Crippen molar-refractivity contribution < 1.29 is 4.79 Å². The van der Waals surface area contributed by atoms with E-state index < -0.39 is 0 Å². The van der Waals surface area contributed by atoms with Gasteiger partial charge in [0.2, 0.25) is 0 Å². The van der Waals surface area contributed by atoms with Gasteiger partial charge in [0.15, 0.2) is 0 Å². The number of amides is 2. The summed E-state index contributed by atoms with van der Waals surface area (Å²) in [7, 11) is 0. The van der Waals surface area contributed by atoms with Gasteiger partial charge in [-0.3, -0.25) is 4.90 Å². The number of anilines is 1. The van der Waals surface area contributed by atoms with Gasteiger partial charge in [-0.05, 0) is 45.4 Å². The first kappa shape index (κ1) is 15.5. The van der Waals surface area contributed by atoms with Gasteiger partial charge in [-0.1, -0.05) is 12.1 Å². The topological polar surface area (TPSA) is 49.6 Å². The van der Waals surface area contributed by atoms with Crippen molar-refractivity contribution in [3.05, 3.63) is 29.8 Å². The lowest BCUT2D eigenvalue weighted by Gasteiger charge is -2.32. The van der Waals surface area contributed by atoms with Crippen LogP contribution in [0.3, 0.4) is 0 Å². The molecule has 4 nitrogen and oxygen atoms in total. The van der Waals surface area contributed by atoms with Crippen LogP contribution in [0.15, 0.2) is 24.3 Å². The fourth-order valence-corrected chi connectivity index (χ4v) is 2.07. The van der Waals surface area contributed by atoms with Gasteiger partial charge in [-0.25, -0.2) is 4.79 Å². The maximum Gasteiger partial charge on any atom is 0.324 e. The van der Waals surface area contributed by atoms with E-state index in [4.69, 9.17) is 5.73 Å². The van der Waals surface area contributed by atoms with Crippen LogP contribution in [0, 0.1) is 0 Å². The summed E-state index contributed by atoms with van der Waals surface area (Å²) >= 11 is 0. The fourth-order valence-electron chi connectivity index (χ4n) is 2.07. The SMILES string of the molecule is CCN(CC)C(=O)N(c1ccc(CN)cc1)C(C)C. The predicted octanol–water partition coefficient (Wildman–Crippen LogP) is 2.82. The average Bonchev–Trinajstić information content (AvgIpc) is 2.40. The van der Waals surface area contributed by atoms with E-state index in [1.165, 1.54) is 0 Å². The number of carbonyl (C=O) groups is 1. The molecule has 0 saturated heterocycles. The van der Waals surface area contributed by atoms with Crippen LogP contribution in [0.2, 0.25) is 0 Å². The quantitative estimate of drug-likeness (QED) is 0.888. The first-order chi connectivity index (χ1) is 9.04. The van der Waals surface area contributed by atoms with Gasteiger partial charge in [0.05, 0.1) is 0 Å². The molecule has 2 N–H and O–H groups in total. The maximum absolute atomic E-state index is 12.5. The van der Waals surface area contributed by atoms with Crippen molar-refractivity contribution in [2.45, 2.75) is 40.3 Å². The molecular weight excluding hydrogens is 238 g/mol. The lowest BCUT2D eigenvalue weighted by molar-refractivity contribution is 0.208. The minimum absolute atomic E-state index is 0.0560. The molecule has 0 aliphatic rings. The molecule has 106 valence electrons. The van der Waals surface area contributed by atoms with Crippen molar-refractivity contribution in [2.24, 2.45) is 5.73 Å². The van der Waals surface area contributed by atoms with Crippen LogP contribution in [0.25, 0.3) is 0 Å². The van der Waals surface area contributed by atoms with Gasteiger partial charge in [0.25, 0.3) is 0 Å². The second kappa shape index (κ2) is 7.14. The third-order valence-corrected chi connectivity index (χ3v) is 3.21. The number of urea groups is 1. The summed E-state index contributed by atoms with van der Waals surface area (Å²) in [5.41, 5.74) is 7.59. The van der Waals surface area contributed by atoms with Crippen molar-refractivity contribution in [1.29, 1.82) is 0 Å². The summed E-state index contributed by atoms with van der Waals surface area (Å²) in [6.07, 6.45) is 0. The molecule has 0 spiro atoms. The molecule has 1 rings (SSSR count). The fraction of sp³-hybridized carbons (Fsp3) is 0.533. The van der Waals surface area contributed by atoms with Crippen molar-refractivity contribution in [2.75, 3.05) is 18.0 Å². The first-order valence-corrected chi connectivity index (χ1v) is 6.92. The molecule has 0 atom stereocenters. The van der Waals surface area contributed by atoms with E-state index in [1.54, 1.807) is 0 Å². The third kappa shape index (κ3) is 3.70. The summed E-state index contributed by atoms with van der Waals surface area (Å²) in [4.78, 5) is 16.2. The second-order valence-corrected chi connectivity index (χ2v) is 4.79. The van der Waals surface area contributed by atoms with Crippen LogP contribution < -0.4 is 10.6 Å². The molecule has 4 heteroatoms. The van der Waals surface area contributed by atoms with Crippen LogP contribution in [-0.4, -0.2) is 30.1 Å². The average molecular weight is 263 g/mol. The van der Waals surface area contributed by atoms with Crippen LogP contribution in [0.1, 0.15) is 33.3 Å². The Hall–Kier alpha value is -1.55. The Morgan fingerprint density at radius 2 is 1.68 bits per heavy atom. The maximum atomic E-state index is 12.5. The molecule has 0 aromatic heterocycles. The van der Waals surface area contributed by atoms with Crippen LogP contribution >= 0.6 is 0 Å². The van der Waals surface area contributed by atoms with Gasteiger partial charge in [-0.2, -0.15) is 0 Å². The zero-order valence-corrected chi connectivity index (χ0v) is 12.4. The predicted molar refractivity (Wildman–Crippen MR) is 80.3 cm³/mol. The smallest absolute Gasteiger partial charge is 0.324 e. The number of rotatable bonds is 5. The normalized spacial score (nSPS) is 10.6. The van der Waals surface area contributed by atoms with Crippen molar-refractivity contribution in [3.63, 3.8) is 0 Å². The molecular formula is C15H25N3O. The highest BCUT2D eigenvalue weighted by atomic mass is 16.2. The molecule has 0 aliphatic heterocycles. The van der Waals surface area contributed by atoms with Gasteiger partial charge in [0, 0.05) is 31.4 Å². The van der Waals surface area contributed by atoms with Crippen molar-refractivity contribution in [1.82, 2.24) is 4.90 Å². The van der Waals surface area contributed by atoms with E-state index in [0.29, 0.717) is 6.54 Å². The van der Waals surface area contributed by atoms with E-state index >= 15 is 0 Å². The molecule has 0 unspecified atom stereocenters. The molecule has 0 bridgehead atoms. The first-order valence-electron chi connectivity index (χ1n) is 6.92. The van der Waals surface area contributed by atoms with Crippen LogP contribution in [-0.2, 0) is 6.54 Å². The highest BCUT2D eigenvalue weighted by Gasteiger charge is 2.22. The largest absolute Gasteiger partial charge is 0.326 e. The summed E-state index contributed by atoms with van der Waals surface area (Å²) < 4.78 is 0. The molecule has 1 aromatic rings. The van der Waals surface area contributed by atoms with E-state index in [0.717, 1.165) is 24.3 Å². The van der Waals surface area contributed by atoms with E-state index in [2.05, 4.69) is 0 Å². The van der Waals surface area contributed by atoms with Gasteiger partial charge in [0.1, 0.15) is 0 Å². The number of nitrogens with two attached hydrogens (primary N) is 1. The van der Waals surface area contributed by atoms with E-state index in [1.807, 2.05) is 61.8 Å². The molecule has 2 amide bonds. The Morgan fingerprint density at radius 3 is 2.05 bits per heavy atom. The lowest BCUT2D eigenvalue weighted by atomic mass is 10.2. The van der Waals surface area contributed by atoms with Crippen LogP contribution in [0.4, 0.5) is 10.5 Å². The van der Waals surface area contributed by atoms with Crippen LogP contribution in [0.5, 0.6) is 0 Å². The Labute approximate surface area is 116 Å². The molecule has 0 radical (unpaired) electrons. The van der Waals surface area contributed by atoms with Gasteiger partial charge in [-0.15, -0.1) is 0 Å². The molecule has 0 fully saturated rings. The molecule has 0 heterocycles. The summed E-state index contributed by atoms with van der Waals surface area (Å²) in [6.45, 7) is 10.0. The van der Waals surface area contributed by atoms with Crippen molar-refractivity contribution in [3.8, 4) is 0 Å². The minimum atomic E-state index is 0.0560.